The number of ketones is 2. The molecular weight excluding hydrogens is 152 g/mol. The van der Waals surface area contributed by atoms with Crippen LogP contribution in [0.5, 0.6) is 0 Å². The molecule has 0 saturated carbocycles. The van der Waals surface area contributed by atoms with Crippen LogP contribution in [0.4, 0.5) is 0 Å². The zero-order valence-corrected chi connectivity index (χ0v) is 7.80. The van der Waals surface area contributed by atoms with Crippen LogP contribution in [-0.4, -0.2) is 11.6 Å². The van der Waals surface area contributed by atoms with Gasteiger partial charge in [0.05, 0.1) is 6.42 Å². The maximum atomic E-state index is 11.0. The number of unbranched alkanes of at least 4 members (excludes halogenated alkanes) is 1. The molecule has 0 bridgehead atoms. The molecule has 68 valence electrons. The van der Waals surface area contributed by atoms with Crippen LogP contribution in [0.15, 0.2) is 12.2 Å². The molecule has 0 saturated heterocycles. The van der Waals surface area contributed by atoms with Crippen molar-refractivity contribution in [2.75, 3.05) is 0 Å². The predicted octanol–water partition coefficient (Wildman–Crippen LogP) is 2.28. The number of allylic oxidation sites excluding steroid dienone is 2. The first kappa shape index (κ1) is 11.1. The summed E-state index contributed by atoms with van der Waals surface area (Å²) in [7, 11) is 0. The molecule has 0 aliphatic rings. The minimum absolute atomic E-state index is 0.0361. The molecule has 0 aromatic heterocycles. The van der Waals surface area contributed by atoms with E-state index in [1.807, 2.05) is 19.1 Å². The molecule has 0 atom stereocenters. The minimum atomic E-state index is -0.0361. The van der Waals surface area contributed by atoms with Crippen LogP contribution in [0.2, 0.25) is 0 Å². The molecule has 12 heavy (non-hydrogen) atoms. The van der Waals surface area contributed by atoms with E-state index in [1.165, 1.54) is 6.92 Å². The second-order valence-electron chi connectivity index (χ2n) is 2.88. The molecule has 0 fully saturated rings. The molecule has 2 nitrogen and oxygen atoms in total. The first-order chi connectivity index (χ1) is 5.66. The number of hydrogen-bond acceptors (Lipinski definition) is 2. The average Bonchev–Trinajstić information content (AvgIpc) is 1.97. The normalized spacial score (nSPS) is 10.5. The van der Waals surface area contributed by atoms with Gasteiger partial charge in [-0.05, 0) is 26.7 Å². The van der Waals surface area contributed by atoms with Crippen LogP contribution < -0.4 is 0 Å². The largest absolute Gasteiger partial charge is 0.300 e. The summed E-state index contributed by atoms with van der Waals surface area (Å²) in [5, 5.41) is 0. The Kier molecular flexibility index (Phi) is 6.25. The van der Waals surface area contributed by atoms with E-state index in [9.17, 15) is 9.59 Å². The Hall–Kier alpha value is -0.920. The molecule has 0 aromatic carbocycles. The van der Waals surface area contributed by atoms with E-state index in [1.54, 1.807) is 0 Å². The molecule has 0 rings (SSSR count). The standard InChI is InChI=1S/C10H16O2/c1-3-4-5-6-7-10(12)8-9(2)11/h3-4H,5-8H2,1-2H3. The van der Waals surface area contributed by atoms with E-state index < -0.39 is 0 Å². The summed E-state index contributed by atoms with van der Waals surface area (Å²) in [5.41, 5.74) is 0. The molecule has 0 aliphatic carbocycles. The van der Waals surface area contributed by atoms with Crippen molar-refractivity contribution in [3.05, 3.63) is 12.2 Å². The molecule has 0 heterocycles. The van der Waals surface area contributed by atoms with Crippen molar-refractivity contribution in [3.63, 3.8) is 0 Å². The number of rotatable bonds is 6. The van der Waals surface area contributed by atoms with Gasteiger partial charge in [-0.25, -0.2) is 0 Å². The molecule has 0 aromatic rings. The van der Waals surface area contributed by atoms with Crippen LogP contribution in [-0.2, 0) is 9.59 Å². The maximum Gasteiger partial charge on any atom is 0.140 e. The second kappa shape index (κ2) is 6.77. The highest BCUT2D eigenvalue weighted by molar-refractivity contribution is 5.97. The van der Waals surface area contributed by atoms with Crippen molar-refractivity contribution in [2.24, 2.45) is 0 Å². The summed E-state index contributed by atoms with van der Waals surface area (Å²) < 4.78 is 0. The summed E-state index contributed by atoms with van der Waals surface area (Å²) >= 11 is 0. The van der Waals surface area contributed by atoms with Crippen LogP contribution in [0.3, 0.4) is 0 Å². The van der Waals surface area contributed by atoms with Gasteiger partial charge < -0.3 is 0 Å². The van der Waals surface area contributed by atoms with Gasteiger partial charge in [0.2, 0.25) is 0 Å². The third-order valence-electron chi connectivity index (χ3n) is 1.51. The van der Waals surface area contributed by atoms with Gasteiger partial charge in [0.15, 0.2) is 0 Å². The highest BCUT2D eigenvalue weighted by Gasteiger charge is 2.03. The van der Waals surface area contributed by atoms with Crippen LogP contribution in [0.25, 0.3) is 0 Å². The van der Waals surface area contributed by atoms with Gasteiger partial charge in [-0.15, -0.1) is 0 Å². The fraction of sp³-hybridized carbons (Fsp3) is 0.600. The van der Waals surface area contributed by atoms with Gasteiger partial charge in [-0.3, -0.25) is 9.59 Å². The lowest BCUT2D eigenvalue weighted by Gasteiger charge is -1.94. The lowest BCUT2D eigenvalue weighted by Crippen LogP contribution is -2.03. The van der Waals surface area contributed by atoms with E-state index >= 15 is 0 Å². The number of hydrogen-bond donors (Lipinski definition) is 0. The van der Waals surface area contributed by atoms with Crippen molar-refractivity contribution in [1.29, 1.82) is 0 Å². The van der Waals surface area contributed by atoms with Gasteiger partial charge in [-0.1, -0.05) is 12.2 Å². The number of carbonyl (C=O) groups excluding carboxylic acids is 2. The van der Waals surface area contributed by atoms with Gasteiger partial charge in [0.25, 0.3) is 0 Å². The van der Waals surface area contributed by atoms with E-state index in [0.717, 1.165) is 12.8 Å². The SMILES string of the molecule is CC=CCCCC(=O)CC(C)=O. The van der Waals surface area contributed by atoms with E-state index in [2.05, 4.69) is 0 Å². The topological polar surface area (TPSA) is 34.1 Å². The Bertz CT molecular complexity index is 180. The summed E-state index contributed by atoms with van der Waals surface area (Å²) in [5.74, 6) is 0.0260. The molecule has 0 amide bonds. The third-order valence-corrected chi connectivity index (χ3v) is 1.51. The van der Waals surface area contributed by atoms with Crippen molar-refractivity contribution in [2.45, 2.75) is 39.5 Å². The van der Waals surface area contributed by atoms with Gasteiger partial charge >= 0.3 is 0 Å². The smallest absolute Gasteiger partial charge is 0.140 e. The first-order valence-corrected chi connectivity index (χ1v) is 4.29. The summed E-state index contributed by atoms with van der Waals surface area (Å²) in [6.45, 7) is 3.40. The summed E-state index contributed by atoms with van der Waals surface area (Å²) in [6, 6.07) is 0. The Labute approximate surface area is 73.7 Å². The van der Waals surface area contributed by atoms with Crippen LogP contribution in [0, 0.1) is 0 Å². The second-order valence-corrected chi connectivity index (χ2v) is 2.88. The van der Waals surface area contributed by atoms with Gasteiger partial charge in [-0.2, -0.15) is 0 Å². The monoisotopic (exact) mass is 168 g/mol. The van der Waals surface area contributed by atoms with Crippen molar-refractivity contribution in [1.82, 2.24) is 0 Å². The highest BCUT2D eigenvalue weighted by atomic mass is 16.1. The van der Waals surface area contributed by atoms with Crippen LogP contribution in [0.1, 0.15) is 39.5 Å². The molecule has 2 heteroatoms. The molecule has 0 radical (unpaired) electrons. The lowest BCUT2D eigenvalue weighted by atomic mass is 10.1. The highest BCUT2D eigenvalue weighted by Crippen LogP contribution is 2.00. The molecule has 0 aliphatic heterocycles. The van der Waals surface area contributed by atoms with E-state index in [4.69, 9.17) is 0 Å². The lowest BCUT2D eigenvalue weighted by molar-refractivity contribution is -0.125. The van der Waals surface area contributed by atoms with Crippen molar-refractivity contribution in [3.8, 4) is 0 Å². The Morgan fingerprint density at radius 1 is 1.33 bits per heavy atom. The first-order valence-electron chi connectivity index (χ1n) is 4.29. The Balaban J connectivity index is 3.38. The fourth-order valence-electron chi connectivity index (χ4n) is 0.950. The predicted molar refractivity (Wildman–Crippen MR) is 49.0 cm³/mol. The average molecular weight is 168 g/mol. The third kappa shape index (κ3) is 7.19. The molecule has 0 unspecified atom stereocenters. The zero-order chi connectivity index (χ0) is 9.40. The van der Waals surface area contributed by atoms with Gasteiger partial charge in [0, 0.05) is 6.42 Å². The number of Topliss-reactive ketones (excluding diaryl/α,β-unsaturated/α-hetero) is 2. The molecule has 0 N–H and O–H groups in total. The van der Waals surface area contributed by atoms with Crippen molar-refractivity contribution >= 4 is 11.6 Å². The van der Waals surface area contributed by atoms with Crippen molar-refractivity contribution < 1.29 is 9.59 Å². The zero-order valence-electron chi connectivity index (χ0n) is 7.80. The minimum Gasteiger partial charge on any atom is -0.300 e. The maximum absolute atomic E-state index is 11.0. The summed E-state index contributed by atoms with van der Waals surface area (Å²) in [6.07, 6.45) is 6.42. The summed E-state index contributed by atoms with van der Waals surface area (Å²) in [4.78, 5) is 21.5. The quantitative estimate of drug-likeness (QED) is 0.346. The van der Waals surface area contributed by atoms with Gasteiger partial charge in [0.1, 0.15) is 11.6 Å². The fourth-order valence-corrected chi connectivity index (χ4v) is 0.950. The van der Waals surface area contributed by atoms with E-state index in [0.29, 0.717) is 6.42 Å². The molecule has 0 spiro atoms. The Morgan fingerprint density at radius 2 is 2.00 bits per heavy atom. The number of carbonyl (C=O) groups is 2. The van der Waals surface area contributed by atoms with E-state index in [-0.39, 0.29) is 18.0 Å². The molecular formula is C10H16O2. The van der Waals surface area contributed by atoms with Crippen LogP contribution >= 0.6 is 0 Å². The Morgan fingerprint density at radius 3 is 2.50 bits per heavy atom.